The van der Waals surface area contributed by atoms with Crippen molar-refractivity contribution in [2.75, 3.05) is 12.0 Å². The van der Waals surface area contributed by atoms with E-state index < -0.39 is 5.91 Å². The largest absolute Gasteiger partial charge is 0.364 e. The second-order valence-electron chi connectivity index (χ2n) is 4.86. The number of aromatic nitrogens is 1. The third-order valence-electron chi connectivity index (χ3n) is 3.24. The molecular formula is C15H20N4O2. The number of rotatable bonds is 6. The Morgan fingerprint density at radius 3 is 2.71 bits per heavy atom. The molecule has 0 fully saturated rings. The van der Waals surface area contributed by atoms with Crippen molar-refractivity contribution >= 4 is 22.8 Å². The number of carbonyl (C=O) groups is 2. The number of urea groups is 1. The van der Waals surface area contributed by atoms with Crippen LogP contribution in [0.15, 0.2) is 30.3 Å². The summed E-state index contributed by atoms with van der Waals surface area (Å²) in [7, 11) is 0. The zero-order valence-corrected chi connectivity index (χ0v) is 12.1. The van der Waals surface area contributed by atoms with Crippen molar-refractivity contribution in [1.82, 2.24) is 9.99 Å². The van der Waals surface area contributed by atoms with Gasteiger partial charge in [0.1, 0.15) is 5.69 Å². The van der Waals surface area contributed by atoms with Gasteiger partial charge in [0.25, 0.3) is 5.91 Å². The minimum Gasteiger partial charge on any atom is -0.364 e. The van der Waals surface area contributed by atoms with E-state index in [0.29, 0.717) is 6.54 Å². The van der Waals surface area contributed by atoms with Crippen LogP contribution in [0.25, 0.3) is 10.9 Å². The second-order valence-corrected chi connectivity index (χ2v) is 4.86. The summed E-state index contributed by atoms with van der Waals surface area (Å²) in [5.74, 6) is -0.586. The number of nitrogens with one attached hydrogen (secondary N) is 2. The number of primary amides is 1. The number of nitrogens with two attached hydrogens (primary N) is 1. The van der Waals surface area contributed by atoms with Gasteiger partial charge in [-0.3, -0.25) is 4.79 Å². The number of fused-ring (bicyclic) bond motifs is 1. The van der Waals surface area contributed by atoms with Gasteiger partial charge in [-0.1, -0.05) is 38.0 Å². The molecule has 0 saturated carbocycles. The first-order valence-electron chi connectivity index (χ1n) is 7.08. The standard InChI is InChI=1S/C15H20N4O2/c1-2-3-6-9-17-15(21)18-19-12-8-5-4-7-11(12)10-13(19)14(16)20/h4-5,7-8,10H,2-3,6,9H2,1H3,(H2,16,20)(H2,17,18,21). The van der Waals surface area contributed by atoms with Crippen molar-refractivity contribution in [2.45, 2.75) is 26.2 Å². The van der Waals surface area contributed by atoms with Gasteiger partial charge in [0.05, 0.1) is 5.52 Å². The van der Waals surface area contributed by atoms with E-state index in [9.17, 15) is 9.59 Å². The molecule has 0 unspecified atom stereocenters. The highest BCUT2D eigenvalue weighted by molar-refractivity contribution is 5.99. The Bertz CT molecular complexity index is 648. The number of unbranched alkanes of at least 4 members (excludes halogenated alkanes) is 2. The first-order chi connectivity index (χ1) is 10.1. The van der Waals surface area contributed by atoms with Gasteiger partial charge in [-0.25, -0.2) is 14.9 Å². The predicted molar refractivity (Wildman–Crippen MR) is 82.7 cm³/mol. The molecule has 0 bridgehead atoms. The highest BCUT2D eigenvalue weighted by Crippen LogP contribution is 2.18. The fourth-order valence-electron chi connectivity index (χ4n) is 2.17. The van der Waals surface area contributed by atoms with Gasteiger partial charge < -0.3 is 11.1 Å². The van der Waals surface area contributed by atoms with Crippen LogP contribution in [0.3, 0.4) is 0 Å². The lowest BCUT2D eigenvalue weighted by atomic mass is 10.2. The fourth-order valence-corrected chi connectivity index (χ4v) is 2.17. The number of carbonyl (C=O) groups excluding carboxylic acids is 2. The second kappa shape index (κ2) is 6.78. The van der Waals surface area contributed by atoms with E-state index in [1.807, 2.05) is 24.3 Å². The first kappa shape index (κ1) is 14.9. The Morgan fingerprint density at radius 2 is 2.00 bits per heavy atom. The van der Waals surface area contributed by atoms with Crippen molar-refractivity contribution < 1.29 is 9.59 Å². The lowest BCUT2D eigenvalue weighted by Gasteiger charge is -2.11. The summed E-state index contributed by atoms with van der Waals surface area (Å²) in [6.07, 6.45) is 3.09. The van der Waals surface area contributed by atoms with E-state index >= 15 is 0 Å². The molecule has 0 radical (unpaired) electrons. The highest BCUT2D eigenvalue weighted by Gasteiger charge is 2.14. The van der Waals surface area contributed by atoms with Gasteiger partial charge in [0.2, 0.25) is 0 Å². The van der Waals surface area contributed by atoms with Crippen LogP contribution < -0.4 is 16.5 Å². The molecule has 4 N–H and O–H groups in total. The van der Waals surface area contributed by atoms with E-state index in [-0.39, 0.29) is 11.7 Å². The summed E-state index contributed by atoms with van der Waals surface area (Å²) in [4.78, 5) is 23.4. The molecule has 6 nitrogen and oxygen atoms in total. The lowest BCUT2D eigenvalue weighted by molar-refractivity contribution is 0.0993. The predicted octanol–water partition coefficient (Wildman–Crippen LogP) is 2.18. The molecular weight excluding hydrogens is 268 g/mol. The Labute approximate surface area is 123 Å². The molecule has 3 amide bonds. The third-order valence-corrected chi connectivity index (χ3v) is 3.24. The molecule has 21 heavy (non-hydrogen) atoms. The molecule has 6 heteroatoms. The van der Waals surface area contributed by atoms with Crippen LogP contribution in [0.5, 0.6) is 0 Å². The number of hydrogen-bond acceptors (Lipinski definition) is 2. The zero-order valence-electron chi connectivity index (χ0n) is 12.1. The van der Waals surface area contributed by atoms with Crippen molar-refractivity contribution in [3.63, 3.8) is 0 Å². The average Bonchev–Trinajstić information content (AvgIpc) is 2.83. The van der Waals surface area contributed by atoms with Crippen LogP contribution >= 0.6 is 0 Å². The van der Waals surface area contributed by atoms with E-state index in [4.69, 9.17) is 5.73 Å². The minimum absolute atomic E-state index is 0.250. The van der Waals surface area contributed by atoms with E-state index in [2.05, 4.69) is 17.7 Å². The van der Waals surface area contributed by atoms with Crippen LogP contribution in [0.4, 0.5) is 4.79 Å². The number of benzene rings is 1. The van der Waals surface area contributed by atoms with Gasteiger partial charge >= 0.3 is 6.03 Å². The Morgan fingerprint density at radius 1 is 1.24 bits per heavy atom. The molecule has 0 saturated heterocycles. The zero-order chi connectivity index (χ0) is 15.2. The molecule has 2 aromatic rings. The lowest BCUT2D eigenvalue weighted by Crippen LogP contribution is -2.36. The smallest absolute Gasteiger partial charge is 0.333 e. The maximum absolute atomic E-state index is 11.9. The van der Waals surface area contributed by atoms with Crippen LogP contribution in [0.1, 0.15) is 36.7 Å². The first-order valence-corrected chi connectivity index (χ1v) is 7.08. The summed E-state index contributed by atoms with van der Waals surface area (Å²) in [5.41, 5.74) is 9.00. The summed E-state index contributed by atoms with van der Waals surface area (Å²) in [6.45, 7) is 2.70. The van der Waals surface area contributed by atoms with Crippen LogP contribution in [-0.4, -0.2) is 23.2 Å². The maximum Gasteiger partial charge on any atom is 0.333 e. The van der Waals surface area contributed by atoms with E-state index in [1.54, 1.807) is 6.07 Å². The summed E-state index contributed by atoms with van der Waals surface area (Å²) < 4.78 is 1.42. The van der Waals surface area contributed by atoms with Crippen molar-refractivity contribution in [3.8, 4) is 0 Å². The molecule has 0 aliphatic heterocycles. The molecule has 1 heterocycles. The number of para-hydroxylation sites is 1. The molecule has 0 atom stereocenters. The summed E-state index contributed by atoms with van der Waals surface area (Å²) in [6, 6.07) is 8.69. The minimum atomic E-state index is -0.586. The monoisotopic (exact) mass is 288 g/mol. The van der Waals surface area contributed by atoms with Gasteiger partial charge in [0, 0.05) is 11.9 Å². The number of amides is 3. The molecule has 1 aromatic heterocycles. The van der Waals surface area contributed by atoms with Crippen LogP contribution in [-0.2, 0) is 0 Å². The van der Waals surface area contributed by atoms with Gasteiger partial charge in [-0.05, 0) is 18.6 Å². The Hall–Kier alpha value is -2.50. The van der Waals surface area contributed by atoms with E-state index in [0.717, 1.165) is 30.2 Å². The van der Waals surface area contributed by atoms with Crippen molar-refractivity contribution in [3.05, 3.63) is 36.0 Å². The maximum atomic E-state index is 11.9. The van der Waals surface area contributed by atoms with E-state index in [1.165, 1.54) is 4.68 Å². The molecule has 112 valence electrons. The molecule has 0 spiro atoms. The number of nitrogens with zero attached hydrogens (tertiary/aromatic N) is 1. The van der Waals surface area contributed by atoms with Crippen molar-refractivity contribution in [2.24, 2.45) is 5.73 Å². The van der Waals surface area contributed by atoms with Crippen molar-refractivity contribution in [1.29, 1.82) is 0 Å². The Balaban J connectivity index is 2.15. The Kier molecular flexibility index (Phi) is 4.81. The average molecular weight is 288 g/mol. The SMILES string of the molecule is CCCCCNC(=O)Nn1c(C(N)=O)cc2ccccc21. The van der Waals surface area contributed by atoms with Gasteiger partial charge in [0.15, 0.2) is 0 Å². The van der Waals surface area contributed by atoms with Crippen LogP contribution in [0, 0.1) is 0 Å². The molecule has 2 rings (SSSR count). The molecule has 0 aliphatic carbocycles. The highest BCUT2D eigenvalue weighted by atomic mass is 16.2. The third kappa shape index (κ3) is 3.53. The topological polar surface area (TPSA) is 89.2 Å². The summed E-state index contributed by atoms with van der Waals surface area (Å²) >= 11 is 0. The normalized spacial score (nSPS) is 10.5. The number of hydrogen-bond donors (Lipinski definition) is 3. The molecule has 0 aliphatic rings. The summed E-state index contributed by atoms with van der Waals surface area (Å²) in [5, 5.41) is 3.61. The molecule has 1 aromatic carbocycles. The van der Waals surface area contributed by atoms with Gasteiger partial charge in [-0.15, -0.1) is 0 Å². The van der Waals surface area contributed by atoms with Crippen LogP contribution in [0.2, 0.25) is 0 Å². The quantitative estimate of drug-likeness (QED) is 0.711. The fraction of sp³-hybridized carbons (Fsp3) is 0.333. The van der Waals surface area contributed by atoms with Gasteiger partial charge in [-0.2, -0.15) is 0 Å².